The maximum atomic E-state index is 13.9. The van der Waals surface area contributed by atoms with Crippen LogP contribution in [0, 0.1) is 17.3 Å². The third-order valence-electron chi connectivity index (χ3n) is 8.04. The van der Waals surface area contributed by atoms with Crippen LogP contribution >= 0.6 is 0 Å². The monoisotopic (exact) mass is 569 g/mol. The Bertz CT molecular complexity index is 1120. The van der Waals surface area contributed by atoms with Crippen LogP contribution in [0.5, 0.6) is 0 Å². The van der Waals surface area contributed by atoms with E-state index in [4.69, 9.17) is 5.73 Å². The van der Waals surface area contributed by atoms with Gasteiger partial charge in [0.25, 0.3) is 5.91 Å². The minimum absolute atomic E-state index is 0.111. The molecule has 0 bridgehead atoms. The van der Waals surface area contributed by atoms with Crippen LogP contribution < -0.4 is 21.7 Å². The summed E-state index contributed by atoms with van der Waals surface area (Å²) in [4.78, 5) is 66.6. The number of hydrogen-bond donors (Lipinski definition) is 4. The van der Waals surface area contributed by atoms with Crippen LogP contribution in [0.3, 0.4) is 0 Å². The van der Waals surface area contributed by atoms with Gasteiger partial charge in [-0.05, 0) is 56.4 Å². The van der Waals surface area contributed by atoms with E-state index in [1.54, 1.807) is 4.90 Å². The Morgan fingerprint density at radius 3 is 2.10 bits per heavy atom. The van der Waals surface area contributed by atoms with E-state index in [1.165, 1.54) is 0 Å². The fourth-order valence-corrected chi connectivity index (χ4v) is 5.60. The quantitative estimate of drug-likeness (QED) is 0.337. The normalized spacial score (nSPS) is 21.2. The summed E-state index contributed by atoms with van der Waals surface area (Å²) in [6, 6.07) is 7.37. The van der Waals surface area contributed by atoms with E-state index in [9.17, 15) is 24.0 Å². The molecule has 2 fully saturated rings. The average Bonchev–Trinajstić information content (AvgIpc) is 2.86. The van der Waals surface area contributed by atoms with Crippen LogP contribution in [0.15, 0.2) is 30.3 Å². The van der Waals surface area contributed by atoms with E-state index in [2.05, 4.69) is 16.0 Å². The van der Waals surface area contributed by atoms with Gasteiger partial charge >= 0.3 is 6.03 Å². The van der Waals surface area contributed by atoms with Gasteiger partial charge in [-0.1, -0.05) is 70.4 Å². The number of amides is 5. The van der Waals surface area contributed by atoms with Crippen molar-refractivity contribution >= 4 is 29.5 Å². The largest absolute Gasteiger partial charge is 0.363 e. The highest BCUT2D eigenvalue weighted by molar-refractivity contribution is 6.37. The van der Waals surface area contributed by atoms with Crippen LogP contribution in [-0.2, 0) is 19.2 Å². The summed E-state index contributed by atoms with van der Waals surface area (Å²) in [6.45, 7) is 11.7. The molecule has 1 aromatic rings. The maximum Gasteiger partial charge on any atom is 0.315 e. The molecule has 41 heavy (non-hydrogen) atoms. The van der Waals surface area contributed by atoms with Gasteiger partial charge in [-0.25, -0.2) is 4.79 Å². The number of Topliss-reactive ketones (excluding diaryl/α,β-unsaturated/α-hetero) is 1. The second-order valence-electron chi connectivity index (χ2n) is 13.7. The summed E-state index contributed by atoms with van der Waals surface area (Å²) in [6.07, 6.45) is 3.85. The number of benzene rings is 1. The molecule has 2 aliphatic rings. The first-order valence-electron chi connectivity index (χ1n) is 14.6. The lowest BCUT2D eigenvalue weighted by Crippen LogP contribution is -2.61. The number of hydrogen-bond acceptors (Lipinski definition) is 5. The molecule has 4 atom stereocenters. The molecule has 5 N–H and O–H groups in total. The number of nitrogens with two attached hydrogens (primary N) is 1. The summed E-state index contributed by atoms with van der Waals surface area (Å²) in [5.74, 6) is -3.13. The number of primary amides is 1. The van der Waals surface area contributed by atoms with Crippen molar-refractivity contribution < 1.29 is 24.0 Å². The molecule has 0 spiro atoms. The summed E-state index contributed by atoms with van der Waals surface area (Å²) in [5.41, 5.74) is 5.21. The minimum atomic E-state index is -1.07. The van der Waals surface area contributed by atoms with Gasteiger partial charge in [0, 0.05) is 18.6 Å². The van der Waals surface area contributed by atoms with Crippen molar-refractivity contribution in [1.29, 1.82) is 0 Å². The van der Waals surface area contributed by atoms with Crippen LogP contribution in [0.1, 0.15) is 85.1 Å². The van der Waals surface area contributed by atoms with Gasteiger partial charge < -0.3 is 26.6 Å². The van der Waals surface area contributed by atoms with Crippen LogP contribution in [-0.4, -0.2) is 65.1 Å². The van der Waals surface area contributed by atoms with Gasteiger partial charge in [0.2, 0.25) is 17.6 Å². The third-order valence-corrected chi connectivity index (χ3v) is 8.04. The molecule has 2 unspecified atom stereocenters. The third kappa shape index (κ3) is 8.78. The number of piperidine rings is 1. The number of nitrogens with one attached hydrogen (secondary N) is 3. The van der Waals surface area contributed by atoms with E-state index in [0.29, 0.717) is 19.4 Å². The van der Waals surface area contributed by atoms with Gasteiger partial charge in [-0.3, -0.25) is 19.2 Å². The Kier molecular flexibility index (Phi) is 10.2. The number of ketones is 1. The molecule has 3 rings (SSSR count). The molecule has 10 nitrogen and oxygen atoms in total. The van der Waals surface area contributed by atoms with Gasteiger partial charge in [-0.2, -0.15) is 0 Å². The highest BCUT2D eigenvalue weighted by atomic mass is 16.2. The van der Waals surface area contributed by atoms with Crippen molar-refractivity contribution in [3.63, 3.8) is 0 Å². The summed E-state index contributed by atoms with van der Waals surface area (Å²) in [5, 5.41) is 8.54. The first-order valence-corrected chi connectivity index (χ1v) is 14.6. The van der Waals surface area contributed by atoms with Crippen molar-refractivity contribution in [1.82, 2.24) is 20.9 Å². The zero-order valence-corrected chi connectivity index (χ0v) is 25.3. The molecule has 1 aliphatic heterocycles. The van der Waals surface area contributed by atoms with E-state index < -0.39 is 46.7 Å². The minimum Gasteiger partial charge on any atom is -0.363 e. The Balaban J connectivity index is 1.85. The number of rotatable bonds is 9. The number of carbonyl (C=O) groups is 5. The fraction of sp³-hybridized carbons (Fsp3) is 0.645. The zero-order chi connectivity index (χ0) is 30.5. The second kappa shape index (κ2) is 13.0. The average molecular weight is 570 g/mol. The lowest BCUT2D eigenvalue weighted by Gasteiger charge is -2.42. The van der Waals surface area contributed by atoms with E-state index >= 15 is 0 Å². The molecule has 1 heterocycles. The molecule has 1 saturated heterocycles. The number of carbonyl (C=O) groups excluding carboxylic acids is 5. The highest BCUT2D eigenvalue weighted by Gasteiger charge is 2.43. The topological polar surface area (TPSA) is 151 Å². The SMILES string of the molecule is CC(C)(C)NC(=O)N[C@H](C(=O)N1CC[C@H](c2ccccc2)C(C(=O)NC(CC2CCC2)C(=O)C(N)=O)C1)C(C)(C)C. The molecule has 226 valence electrons. The standard InChI is InChI=1S/C31H47N5O5/c1-30(2,3)25(34-29(41)35-31(4,5)6)28(40)36-16-15-21(20-13-8-7-9-14-20)22(18-36)27(39)33-23(24(37)26(32)38)17-19-11-10-12-19/h7-9,13-14,19,21-23,25H,10-12,15-18H2,1-6H3,(H2,32,38)(H,33,39)(H2,34,35,41)/t21-,22?,23?,25-/m1/s1. The second-order valence-corrected chi connectivity index (χ2v) is 13.7. The smallest absolute Gasteiger partial charge is 0.315 e. The van der Waals surface area contributed by atoms with Gasteiger partial charge in [0.1, 0.15) is 6.04 Å². The lowest BCUT2D eigenvalue weighted by atomic mass is 9.78. The molecule has 0 radical (unpaired) electrons. The molecule has 1 aliphatic carbocycles. The van der Waals surface area contributed by atoms with Crippen molar-refractivity contribution in [3.05, 3.63) is 35.9 Å². The summed E-state index contributed by atoms with van der Waals surface area (Å²) < 4.78 is 0. The van der Waals surface area contributed by atoms with E-state index in [-0.39, 0.29) is 30.2 Å². The summed E-state index contributed by atoms with van der Waals surface area (Å²) >= 11 is 0. The molecule has 10 heteroatoms. The van der Waals surface area contributed by atoms with Crippen molar-refractivity contribution in [2.24, 2.45) is 23.0 Å². The molecule has 5 amide bonds. The van der Waals surface area contributed by atoms with E-state index in [0.717, 1.165) is 24.8 Å². The molecular formula is C31H47N5O5. The van der Waals surface area contributed by atoms with Crippen LogP contribution in [0.4, 0.5) is 4.79 Å². The molecule has 1 aromatic carbocycles. The van der Waals surface area contributed by atoms with Gasteiger partial charge in [0.15, 0.2) is 0 Å². The fourth-order valence-electron chi connectivity index (χ4n) is 5.60. The number of likely N-dealkylation sites (tertiary alicyclic amines) is 1. The highest BCUT2D eigenvalue weighted by Crippen LogP contribution is 2.35. The predicted molar refractivity (Wildman–Crippen MR) is 157 cm³/mol. The molecule has 1 saturated carbocycles. The van der Waals surface area contributed by atoms with E-state index in [1.807, 2.05) is 71.9 Å². The predicted octanol–water partition coefficient (Wildman–Crippen LogP) is 2.86. The Morgan fingerprint density at radius 2 is 1.59 bits per heavy atom. The first kappa shape index (κ1) is 32.1. The van der Waals surface area contributed by atoms with Gasteiger partial charge in [-0.15, -0.1) is 0 Å². The Labute approximate surface area is 243 Å². The lowest BCUT2D eigenvalue weighted by molar-refractivity contribution is -0.142. The Hall–Kier alpha value is -3.43. The Morgan fingerprint density at radius 1 is 0.951 bits per heavy atom. The number of nitrogens with zero attached hydrogens (tertiary/aromatic N) is 1. The van der Waals surface area contributed by atoms with Crippen molar-refractivity contribution in [2.75, 3.05) is 13.1 Å². The summed E-state index contributed by atoms with van der Waals surface area (Å²) in [7, 11) is 0. The first-order chi connectivity index (χ1) is 19.1. The molecular weight excluding hydrogens is 522 g/mol. The van der Waals surface area contributed by atoms with Crippen molar-refractivity contribution in [2.45, 2.75) is 97.2 Å². The van der Waals surface area contributed by atoms with Gasteiger partial charge in [0.05, 0.1) is 12.0 Å². The molecule has 0 aromatic heterocycles. The zero-order valence-electron chi connectivity index (χ0n) is 25.3. The van der Waals surface area contributed by atoms with Crippen molar-refractivity contribution in [3.8, 4) is 0 Å². The van der Waals surface area contributed by atoms with Crippen LogP contribution in [0.25, 0.3) is 0 Å². The maximum absolute atomic E-state index is 13.9. The number of urea groups is 1. The van der Waals surface area contributed by atoms with Crippen LogP contribution in [0.2, 0.25) is 0 Å².